The van der Waals surface area contributed by atoms with E-state index in [1.54, 1.807) is 18.3 Å². The van der Waals surface area contributed by atoms with Crippen molar-refractivity contribution in [2.45, 2.75) is 45.7 Å². The highest BCUT2D eigenvalue weighted by atomic mass is 35.5. The minimum Gasteiger partial charge on any atom is -0.383 e. The summed E-state index contributed by atoms with van der Waals surface area (Å²) < 4.78 is 15.8. The molecule has 1 unspecified atom stereocenters. The second-order valence-corrected chi connectivity index (χ2v) is 10.9. The average molecular weight is 503 g/mol. The number of pyridine rings is 1. The van der Waals surface area contributed by atoms with Crippen molar-refractivity contribution in [2.24, 2.45) is 5.41 Å². The van der Waals surface area contributed by atoms with Crippen LogP contribution < -0.4 is 10.6 Å². The number of nitrogens with one attached hydrogen (secondary N) is 2. The van der Waals surface area contributed by atoms with Crippen molar-refractivity contribution in [1.82, 2.24) is 14.5 Å². The molecule has 2 N–H and O–H groups in total. The van der Waals surface area contributed by atoms with E-state index in [1.807, 2.05) is 24.7 Å². The zero-order valence-electron chi connectivity index (χ0n) is 20.5. The van der Waals surface area contributed by atoms with Crippen molar-refractivity contribution in [2.75, 3.05) is 17.2 Å². The van der Waals surface area contributed by atoms with Gasteiger partial charge in [0.25, 0.3) is 0 Å². The molecule has 2 heterocycles. The molecule has 0 spiro atoms. The molecule has 0 aliphatic heterocycles. The van der Waals surface area contributed by atoms with E-state index in [9.17, 15) is 9.65 Å². The summed E-state index contributed by atoms with van der Waals surface area (Å²) in [6, 6.07) is 12.6. The Morgan fingerprint density at radius 3 is 2.61 bits per heavy atom. The summed E-state index contributed by atoms with van der Waals surface area (Å²) in [4.78, 5) is 9.12. The third-order valence-electron chi connectivity index (χ3n) is 6.24. The Labute approximate surface area is 215 Å². The molecule has 1 aliphatic rings. The highest BCUT2D eigenvalue weighted by Gasteiger charge is 2.26. The first-order chi connectivity index (χ1) is 17.2. The molecule has 1 atom stereocenters. The van der Waals surface area contributed by atoms with Gasteiger partial charge in [-0.1, -0.05) is 44.5 Å². The predicted molar refractivity (Wildman–Crippen MR) is 142 cm³/mol. The van der Waals surface area contributed by atoms with E-state index in [-0.39, 0.29) is 17.3 Å². The summed E-state index contributed by atoms with van der Waals surface area (Å²) in [6.45, 7) is 7.06. The topological polar surface area (TPSA) is 78.6 Å². The van der Waals surface area contributed by atoms with E-state index in [1.165, 1.54) is 12.1 Å². The minimum absolute atomic E-state index is 0.00996. The number of fused-ring (bicyclic) bond motifs is 1. The summed E-state index contributed by atoms with van der Waals surface area (Å²) in [7, 11) is 0. The van der Waals surface area contributed by atoms with Crippen LogP contribution >= 0.6 is 11.6 Å². The number of benzene rings is 2. The Morgan fingerprint density at radius 1 is 1.19 bits per heavy atom. The Hall–Kier alpha value is -3.63. The Kier molecular flexibility index (Phi) is 6.31. The van der Waals surface area contributed by atoms with Gasteiger partial charge in [0, 0.05) is 36.1 Å². The molecule has 0 radical (unpaired) electrons. The van der Waals surface area contributed by atoms with E-state index in [0.29, 0.717) is 34.4 Å². The molecule has 0 saturated heterocycles. The molecule has 36 heavy (non-hydrogen) atoms. The Morgan fingerprint density at radius 2 is 1.94 bits per heavy atom. The third kappa shape index (κ3) is 5.14. The number of nitrogens with zero attached hydrogens (tertiary/aromatic N) is 4. The lowest BCUT2D eigenvalue weighted by Crippen LogP contribution is -2.20. The maximum Gasteiger partial charge on any atom is 0.123 e. The van der Waals surface area contributed by atoms with Crippen molar-refractivity contribution >= 4 is 33.9 Å². The van der Waals surface area contributed by atoms with Gasteiger partial charge in [-0.15, -0.1) is 0 Å². The zero-order valence-corrected chi connectivity index (χ0v) is 21.3. The molecule has 1 aliphatic carbocycles. The van der Waals surface area contributed by atoms with Gasteiger partial charge in [-0.25, -0.2) is 9.37 Å². The minimum atomic E-state index is -0.322. The smallest absolute Gasteiger partial charge is 0.123 e. The SMILES string of the molecule is CC(C)(C)CNc1c(C#N)cnc2c(Cl)cc(NC(c3ccc(F)cc3)c3cn(C4CC4)cn3)cc12. The van der Waals surface area contributed by atoms with Gasteiger partial charge in [-0.05, 0) is 48.1 Å². The molecular formula is C28H28ClFN6. The number of anilines is 2. The van der Waals surface area contributed by atoms with Crippen LogP contribution in [0.3, 0.4) is 0 Å². The summed E-state index contributed by atoms with van der Waals surface area (Å²) in [5.41, 5.74) is 4.25. The van der Waals surface area contributed by atoms with Gasteiger partial charge < -0.3 is 15.2 Å². The average Bonchev–Trinajstić information content (AvgIpc) is 3.58. The largest absolute Gasteiger partial charge is 0.383 e. The first kappa shape index (κ1) is 24.1. The molecule has 0 bridgehead atoms. The monoisotopic (exact) mass is 502 g/mol. The van der Waals surface area contributed by atoms with Crippen LogP contribution in [-0.4, -0.2) is 21.1 Å². The lowest BCUT2D eigenvalue weighted by Gasteiger charge is -2.22. The molecule has 2 aromatic heterocycles. The molecular weight excluding hydrogens is 475 g/mol. The number of imidazole rings is 1. The maximum atomic E-state index is 13.7. The Bertz CT molecular complexity index is 1440. The fourth-order valence-corrected chi connectivity index (χ4v) is 4.46. The number of hydrogen-bond donors (Lipinski definition) is 2. The summed E-state index contributed by atoms with van der Waals surface area (Å²) in [5, 5.41) is 18.0. The molecule has 8 heteroatoms. The molecule has 5 rings (SSSR count). The van der Waals surface area contributed by atoms with Crippen molar-refractivity contribution in [3.05, 3.63) is 82.8 Å². The quantitative estimate of drug-likeness (QED) is 0.282. The van der Waals surface area contributed by atoms with Crippen LogP contribution in [-0.2, 0) is 0 Å². The standard InChI is InChI=1S/C28H28ClFN6/c1-28(2,3)15-33-25-18(12-31)13-32-27-22(25)10-20(11-23(27)29)35-26(17-4-6-19(30)7-5-17)24-14-36(16-34-24)21-8-9-21/h4-7,10-11,13-14,16,21,26,35H,8-9,15H2,1-3H3,(H,32,33). The van der Waals surface area contributed by atoms with Crippen LogP contribution in [0, 0.1) is 22.6 Å². The number of hydrogen-bond acceptors (Lipinski definition) is 5. The highest BCUT2D eigenvalue weighted by Crippen LogP contribution is 2.38. The summed E-state index contributed by atoms with van der Waals surface area (Å²) in [6.07, 6.45) is 7.77. The normalized spacial score (nSPS) is 14.4. The number of aromatic nitrogens is 3. The predicted octanol–water partition coefficient (Wildman–Crippen LogP) is 7.09. The summed E-state index contributed by atoms with van der Waals surface area (Å²) >= 11 is 6.69. The molecule has 0 amide bonds. The molecule has 184 valence electrons. The van der Waals surface area contributed by atoms with Gasteiger partial charge >= 0.3 is 0 Å². The second kappa shape index (κ2) is 9.44. The van der Waals surface area contributed by atoms with Gasteiger partial charge in [-0.3, -0.25) is 4.98 Å². The van der Waals surface area contributed by atoms with E-state index in [4.69, 9.17) is 11.6 Å². The summed E-state index contributed by atoms with van der Waals surface area (Å²) in [5.74, 6) is -0.292. The third-order valence-corrected chi connectivity index (χ3v) is 6.53. The molecule has 1 fully saturated rings. The maximum absolute atomic E-state index is 13.7. The molecule has 2 aromatic carbocycles. The fraction of sp³-hybridized carbons (Fsp3) is 0.321. The second-order valence-electron chi connectivity index (χ2n) is 10.5. The van der Waals surface area contributed by atoms with Gasteiger partial charge in [0.05, 0.1) is 39.9 Å². The van der Waals surface area contributed by atoms with Crippen molar-refractivity contribution in [3.8, 4) is 6.07 Å². The van der Waals surface area contributed by atoms with Crippen LogP contribution in [0.25, 0.3) is 10.9 Å². The number of rotatable bonds is 7. The zero-order chi connectivity index (χ0) is 25.4. The fourth-order valence-electron chi connectivity index (χ4n) is 4.20. The van der Waals surface area contributed by atoms with E-state index in [2.05, 4.69) is 52.0 Å². The first-order valence-corrected chi connectivity index (χ1v) is 12.4. The lowest BCUT2D eigenvalue weighted by atomic mass is 9.96. The van der Waals surface area contributed by atoms with Crippen molar-refractivity contribution in [3.63, 3.8) is 0 Å². The van der Waals surface area contributed by atoms with Crippen LogP contribution in [0.1, 0.15) is 62.5 Å². The number of halogens is 2. The van der Waals surface area contributed by atoms with E-state index in [0.717, 1.165) is 35.2 Å². The van der Waals surface area contributed by atoms with Crippen LogP contribution in [0.5, 0.6) is 0 Å². The van der Waals surface area contributed by atoms with Gasteiger partial charge in [0.2, 0.25) is 0 Å². The number of nitriles is 1. The van der Waals surface area contributed by atoms with Crippen molar-refractivity contribution < 1.29 is 4.39 Å². The molecule has 4 aromatic rings. The van der Waals surface area contributed by atoms with Crippen LogP contribution in [0.15, 0.2) is 55.1 Å². The van der Waals surface area contributed by atoms with Crippen LogP contribution in [0.2, 0.25) is 5.02 Å². The lowest BCUT2D eigenvalue weighted by molar-refractivity contribution is 0.443. The van der Waals surface area contributed by atoms with Crippen molar-refractivity contribution in [1.29, 1.82) is 5.26 Å². The van der Waals surface area contributed by atoms with Crippen LogP contribution in [0.4, 0.5) is 15.8 Å². The molecule has 1 saturated carbocycles. The van der Waals surface area contributed by atoms with E-state index < -0.39 is 0 Å². The highest BCUT2D eigenvalue weighted by molar-refractivity contribution is 6.35. The molecule has 6 nitrogen and oxygen atoms in total. The van der Waals surface area contributed by atoms with Gasteiger partial charge in [0.15, 0.2) is 0 Å². The first-order valence-electron chi connectivity index (χ1n) is 12.0. The Balaban J connectivity index is 1.57. The van der Waals surface area contributed by atoms with Gasteiger partial charge in [-0.2, -0.15) is 5.26 Å². The van der Waals surface area contributed by atoms with Gasteiger partial charge in [0.1, 0.15) is 11.9 Å². The van der Waals surface area contributed by atoms with E-state index >= 15 is 0 Å².